The molecule has 0 amide bonds. The Bertz CT molecular complexity index is 1350. The van der Waals surface area contributed by atoms with Gasteiger partial charge in [-0.1, -0.05) is 30.3 Å². The first kappa shape index (κ1) is 21.9. The molecule has 0 radical (unpaired) electrons. The largest absolute Gasteiger partial charge is 0.493 e. The fraction of sp³-hybridized carbons (Fsp3) is 0.111. The number of Topliss-reactive ketones (excluding diaryl/α,β-unsaturated/α-hetero) is 1. The van der Waals surface area contributed by atoms with E-state index in [9.17, 15) is 9.59 Å². The molecule has 0 fully saturated rings. The van der Waals surface area contributed by atoms with Crippen LogP contribution in [0.25, 0.3) is 22.7 Å². The van der Waals surface area contributed by atoms with Crippen molar-refractivity contribution in [3.8, 4) is 17.2 Å². The number of ether oxygens (including phenoxy) is 2. The van der Waals surface area contributed by atoms with Gasteiger partial charge in [0.2, 0.25) is 0 Å². The van der Waals surface area contributed by atoms with Gasteiger partial charge in [0.05, 0.1) is 19.7 Å². The molecule has 0 aliphatic heterocycles. The molecule has 6 nitrogen and oxygen atoms in total. The number of aliphatic carboxylic acids is 1. The number of carboxylic acid groups (broad SMARTS) is 1. The number of carboxylic acids is 1. The topological polar surface area (TPSA) is 77.8 Å². The first-order chi connectivity index (χ1) is 16.0. The number of carbonyl (C=O) groups excluding carboxylic acids is 1. The molecular weight excluding hydrogens is 418 g/mol. The first-order valence-electron chi connectivity index (χ1n) is 10.4. The summed E-state index contributed by atoms with van der Waals surface area (Å²) in [6.45, 7) is 0. The summed E-state index contributed by atoms with van der Waals surface area (Å²) < 4.78 is 12.6. The van der Waals surface area contributed by atoms with Crippen LogP contribution < -0.4 is 9.47 Å². The Hall–Kier alpha value is -4.32. The van der Waals surface area contributed by atoms with Crippen molar-refractivity contribution in [3.63, 3.8) is 0 Å². The molecule has 0 aliphatic carbocycles. The Morgan fingerprint density at radius 3 is 2.39 bits per heavy atom. The van der Waals surface area contributed by atoms with Gasteiger partial charge in [-0.15, -0.1) is 0 Å². The molecule has 0 bridgehead atoms. The van der Waals surface area contributed by atoms with Crippen LogP contribution in [0.15, 0.2) is 79.0 Å². The first-order valence-corrected chi connectivity index (χ1v) is 10.4. The van der Waals surface area contributed by atoms with Gasteiger partial charge < -0.3 is 19.1 Å². The maximum absolute atomic E-state index is 13.4. The summed E-state index contributed by atoms with van der Waals surface area (Å²) in [7, 11) is 3.13. The number of hydrogen-bond acceptors (Lipinski definition) is 4. The Balaban J connectivity index is 1.78. The molecule has 1 N–H and O–H groups in total. The normalized spacial score (nSPS) is 11.1. The van der Waals surface area contributed by atoms with Gasteiger partial charge in [0.25, 0.3) is 0 Å². The number of nitrogens with zero attached hydrogens (tertiary/aromatic N) is 1. The molecule has 4 rings (SSSR count). The van der Waals surface area contributed by atoms with Gasteiger partial charge in [-0.3, -0.25) is 4.79 Å². The summed E-state index contributed by atoms with van der Waals surface area (Å²) in [5.41, 5.74) is 3.87. The summed E-state index contributed by atoms with van der Waals surface area (Å²) in [6, 6.07) is 20.8. The summed E-state index contributed by atoms with van der Waals surface area (Å²) in [5.74, 6) is 0.0859. The predicted molar refractivity (Wildman–Crippen MR) is 128 cm³/mol. The lowest BCUT2D eigenvalue weighted by molar-refractivity contribution is -0.131. The fourth-order valence-corrected chi connectivity index (χ4v) is 3.81. The molecule has 0 saturated carbocycles. The third-order valence-corrected chi connectivity index (χ3v) is 5.39. The lowest BCUT2D eigenvalue weighted by Crippen LogP contribution is -2.04. The average molecular weight is 441 g/mol. The molecular formula is C27H23NO5. The molecule has 6 heteroatoms. The monoisotopic (exact) mass is 441 g/mol. The second-order valence-corrected chi connectivity index (χ2v) is 7.49. The van der Waals surface area contributed by atoms with Crippen LogP contribution in [0.4, 0.5) is 0 Å². The minimum Gasteiger partial charge on any atom is -0.493 e. The van der Waals surface area contributed by atoms with E-state index in [1.165, 1.54) is 6.08 Å². The zero-order valence-corrected chi connectivity index (χ0v) is 18.3. The van der Waals surface area contributed by atoms with Gasteiger partial charge in [0, 0.05) is 35.3 Å². The van der Waals surface area contributed by atoms with Gasteiger partial charge in [-0.2, -0.15) is 0 Å². The van der Waals surface area contributed by atoms with Crippen molar-refractivity contribution in [2.45, 2.75) is 6.42 Å². The van der Waals surface area contributed by atoms with E-state index >= 15 is 0 Å². The lowest BCUT2D eigenvalue weighted by Gasteiger charge is -2.09. The molecule has 166 valence electrons. The Morgan fingerprint density at radius 2 is 1.70 bits per heavy atom. The van der Waals surface area contributed by atoms with Gasteiger partial charge in [0.15, 0.2) is 17.3 Å². The van der Waals surface area contributed by atoms with Gasteiger partial charge in [-0.25, -0.2) is 4.79 Å². The highest BCUT2D eigenvalue weighted by Gasteiger charge is 2.18. The van der Waals surface area contributed by atoms with E-state index in [0.717, 1.165) is 28.2 Å². The molecule has 0 saturated heterocycles. The summed E-state index contributed by atoms with van der Waals surface area (Å²) in [5, 5.41) is 9.72. The third kappa shape index (κ3) is 4.65. The summed E-state index contributed by atoms with van der Waals surface area (Å²) in [4.78, 5) is 24.3. The van der Waals surface area contributed by atoms with E-state index in [-0.39, 0.29) is 12.2 Å². The molecule has 0 atom stereocenters. The van der Waals surface area contributed by atoms with Crippen molar-refractivity contribution in [2.24, 2.45) is 0 Å². The highest BCUT2D eigenvalue weighted by atomic mass is 16.5. The Kier molecular flexibility index (Phi) is 6.26. The Labute approximate surface area is 191 Å². The summed E-state index contributed by atoms with van der Waals surface area (Å²) >= 11 is 0. The highest BCUT2D eigenvalue weighted by molar-refractivity contribution is 6.09. The summed E-state index contributed by atoms with van der Waals surface area (Å²) in [6.07, 6.45) is 4.63. The number of fused-ring (bicyclic) bond motifs is 1. The lowest BCUT2D eigenvalue weighted by atomic mass is 10.0. The van der Waals surface area contributed by atoms with Crippen molar-refractivity contribution < 1.29 is 24.2 Å². The third-order valence-electron chi connectivity index (χ3n) is 5.39. The van der Waals surface area contributed by atoms with Gasteiger partial charge >= 0.3 is 5.97 Å². The van der Waals surface area contributed by atoms with E-state index in [0.29, 0.717) is 22.6 Å². The van der Waals surface area contributed by atoms with Gasteiger partial charge in [-0.05, 0) is 53.6 Å². The van der Waals surface area contributed by atoms with Crippen LogP contribution in [0.1, 0.15) is 21.5 Å². The SMILES string of the molecule is COc1ccc(CC(=O)c2cn(-c3ccccc3)c3ccc(C=CC(=O)O)cc23)cc1OC. The molecule has 0 aliphatic rings. The molecule has 0 spiro atoms. The van der Waals surface area contributed by atoms with E-state index in [1.807, 2.05) is 65.4 Å². The molecule has 0 unspecified atom stereocenters. The van der Waals surface area contributed by atoms with Crippen LogP contribution in [0.2, 0.25) is 0 Å². The predicted octanol–water partition coefficient (Wildman–Crippen LogP) is 5.17. The maximum Gasteiger partial charge on any atom is 0.328 e. The highest BCUT2D eigenvalue weighted by Crippen LogP contribution is 2.30. The quantitative estimate of drug-likeness (QED) is 0.301. The smallest absolute Gasteiger partial charge is 0.328 e. The van der Waals surface area contributed by atoms with E-state index in [2.05, 4.69) is 0 Å². The molecule has 4 aromatic rings. The molecule has 3 aromatic carbocycles. The number of methoxy groups -OCH3 is 2. The number of hydrogen-bond donors (Lipinski definition) is 1. The average Bonchev–Trinajstić information content (AvgIpc) is 3.22. The van der Waals surface area contributed by atoms with Crippen molar-refractivity contribution in [2.75, 3.05) is 14.2 Å². The number of benzene rings is 3. The minimum absolute atomic E-state index is 0.0544. The van der Waals surface area contributed by atoms with Crippen LogP contribution in [0.5, 0.6) is 11.5 Å². The van der Waals surface area contributed by atoms with Crippen LogP contribution in [-0.2, 0) is 11.2 Å². The minimum atomic E-state index is -1.03. The van der Waals surface area contributed by atoms with E-state index < -0.39 is 5.97 Å². The Morgan fingerprint density at radius 1 is 0.939 bits per heavy atom. The number of rotatable bonds is 8. The zero-order chi connectivity index (χ0) is 23.4. The number of carbonyl (C=O) groups is 2. The van der Waals surface area contributed by atoms with Crippen LogP contribution in [-0.4, -0.2) is 35.6 Å². The molecule has 1 aromatic heterocycles. The van der Waals surface area contributed by atoms with Gasteiger partial charge in [0.1, 0.15) is 0 Å². The van der Waals surface area contributed by atoms with Crippen molar-refractivity contribution in [1.82, 2.24) is 4.57 Å². The van der Waals surface area contributed by atoms with Crippen LogP contribution in [0.3, 0.4) is 0 Å². The second-order valence-electron chi connectivity index (χ2n) is 7.49. The van der Waals surface area contributed by atoms with Crippen LogP contribution in [0, 0.1) is 0 Å². The second kappa shape index (κ2) is 9.44. The standard InChI is InChI=1S/C27H23NO5/c1-32-25-12-9-19(16-26(25)33-2)15-24(29)22-17-28(20-6-4-3-5-7-20)23-11-8-18(14-21(22)23)10-13-27(30)31/h3-14,16-17H,15H2,1-2H3,(H,30,31). The molecule has 33 heavy (non-hydrogen) atoms. The number of ketones is 1. The zero-order valence-electron chi connectivity index (χ0n) is 18.3. The van der Waals surface area contributed by atoms with Crippen molar-refractivity contribution in [1.29, 1.82) is 0 Å². The van der Waals surface area contributed by atoms with Crippen molar-refractivity contribution in [3.05, 3.63) is 95.7 Å². The number of para-hydroxylation sites is 1. The fourth-order valence-electron chi connectivity index (χ4n) is 3.81. The van der Waals surface area contributed by atoms with E-state index in [4.69, 9.17) is 14.6 Å². The van der Waals surface area contributed by atoms with Crippen LogP contribution >= 0.6 is 0 Å². The van der Waals surface area contributed by atoms with E-state index in [1.54, 1.807) is 26.4 Å². The number of aromatic nitrogens is 1. The molecule has 1 heterocycles. The van der Waals surface area contributed by atoms with Crippen molar-refractivity contribution >= 4 is 28.7 Å². The maximum atomic E-state index is 13.4.